The van der Waals surface area contributed by atoms with E-state index in [1.807, 2.05) is 32.0 Å². The molecule has 24 heavy (non-hydrogen) atoms. The van der Waals surface area contributed by atoms with Crippen molar-refractivity contribution in [2.24, 2.45) is 0 Å². The average molecular weight is 324 g/mol. The molecule has 0 saturated carbocycles. The second-order valence-corrected chi connectivity index (χ2v) is 6.40. The highest BCUT2D eigenvalue weighted by atomic mass is 16.5. The van der Waals surface area contributed by atoms with E-state index in [9.17, 15) is 4.79 Å². The Kier molecular flexibility index (Phi) is 4.74. The summed E-state index contributed by atoms with van der Waals surface area (Å²) in [6.07, 6.45) is 3.52. The van der Waals surface area contributed by atoms with E-state index in [1.54, 1.807) is 7.11 Å². The molecule has 4 heteroatoms. The molecule has 1 aliphatic rings. The van der Waals surface area contributed by atoms with Crippen molar-refractivity contribution in [1.29, 1.82) is 0 Å². The minimum atomic E-state index is -0.338. The molecule has 1 atom stereocenters. The summed E-state index contributed by atoms with van der Waals surface area (Å²) < 4.78 is 5.31. The lowest BCUT2D eigenvalue weighted by molar-refractivity contribution is -0.116. The number of fused-ring (bicyclic) bond motifs is 1. The van der Waals surface area contributed by atoms with E-state index in [4.69, 9.17) is 4.74 Å². The highest BCUT2D eigenvalue weighted by Gasteiger charge is 2.16. The van der Waals surface area contributed by atoms with Gasteiger partial charge in [-0.1, -0.05) is 12.1 Å². The van der Waals surface area contributed by atoms with Crippen molar-refractivity contribution in [2.75, 3.05) is 17.7 Å². The fraction of sp³-hybridized carbons (Fsp3) is 0.350. The van der Waals surface area contributed by atoms with Crippen molar-refractivity contribution in [1.82, 2.24) is 0 Å². The molecule has 2 N–H and O–H groups in total. The molecule has 4 nitrogen and oxygen atoms in total. The lowest BCUT2D eigenvalue weighted by atomic mass is 10.1. The Balaban J connectivity index is 1.68. The topological polar surface area (TPSA) is 50.4 Å². The van der Waals surface area contributed by atoms with Gasteiger partial charge in [-0.05, 0) is 74.1 Å². The van der Waals surface area contributed by atoms with Gasteiger partial charge in [0, 0.05) is 5.69 Å². The van der Waals surface area contributed by atoms with Gasteiger partial charge in [0.2, 0.25) is 5.91 Å². The number of methoxy groups -OCH3 is 1. The number of anilines is 2. The summed E-state index contributed by atoms with van der Waals surface area (Å²) in [5.74, 6) is 0.582. The number of hydrogen-bond donors (Lipinski definition) is 2. The van der Waals surface area contributed by atoms with Crippen LogP contribution in [0.3, 0.4) is 0 Å². The quantitative estimate of drug-likeness (QED) is 0.876. The van der Waals surface area contributed by atoms with Crippen LogP contribution in [0.1, 0.15) is 30.0 Å². The molecule has 0 unspecified atom stereocenters. The Bertz CT molecular complexity index is 755. The van der Waals surface area contributed by atoms with Crippen LogP contribution in [0.15, 0.2) is 36.4 Å². The zero-order chi connectivity index (χ0) is 17.1. The Labute approximate surface area is 143 Å². The Morgan fingerprint density at radius 1 is 1.12 bits per heavy atom. The molecule has 0 heterocycles. The minimum absolute atomic E-state index is 0.0839. The summed E-state index contributed by atoms with van der Waals surface area (Å²) in [5.41, 5.74) is 5.60. The average Bonchev–Trinajstić information content (AvgIpc) is 3.02. The van der Waals surface area contributed by atoms with E-state index in [2.05, 4.69) is 28.8 Å². The summed E-state index contributed by atoms with van der Waals surface area (Å²) >= 11 is 0. The van der Waals surface area contributed by atoms with Crippen LogP contribution in [-0.2, 0) is 17.6 Å². The van der Waals surface area contributed by atoms with Crippen molar-refractivity contribution in [3.8, 4) is 5.75 Å². The van der Waals surface area contributed by atoms with Crippen LogP contribution >= 0.6 is 0 Å². The lowest BCUT2D eigenvalue weighted by Crippen LogP contribution is -2.32. The fourth-order valence-electron chi connectivity index (χ4n) is 3.14. The van der Waals surface area contributed by atoms with Gasteiger partial charge in [0.15, 0.2) is 0 Å². The van der Waals surface area contributed by atoms with Crippen molar-refractivity contribution in [2.45, 2.75) is 39.2 Å². The molecule has 0 fully saturated rings. The second kappa shape index (κ2) is 6.95. The maximum atomic E-state index is 12.5. The van der Waals surface area contributed by atoms with Gasteiger partial charge in [-0.25, -0.2) is 0 Å². The van der Waals surface area contributed by atoms with Crippen molar-refractivity contribution >= 4 is 17.3 Å². The highest BCUT2D eigenvalue weighted by molar-refractivity contribution is 5.97. The van der Waals surface area contributed by atoms with E-state index in [-0.39, 0.29) is 11.9 Å². The Morgan fingerprint density at radius 3 is 2.71 bits per heavy atom. The second-order valence-electron chi connectivity index (χ2n) is 6.40. The molecule has 0 saturated heterocycles. The van der Waals surface area contributed by atoms with Crippen LogP contribution in [0.25, 0.3) is 0 Å². The number of rotatable bonds is 5. The smallest absolute Gasteiger partial charge is 0.246 e. The summed E-state index contributed by atoms with van der Waals surface area (Å²) in [4.78, 5) is 12.5. The van der Waals surface area contributed by atoms with Gasteiger partial charge in [0.1, 0.15) is 11.8 Å². The number of aryl methyl sites for hydroxylation is 3. The molecule has 0 bridgehead atoms. The van der Waals surface area contributed by atoms with Gasteiger partial charge in [-0.3, -0.25) is 4.79 Å². The third-order valence-corrected chi connectivity index (χ3v) is 4.49. The summed E-state index contributed by atoms with van der Waals surface area (Å²) in [7, 11) is 1.60. The molecule has 2 aromatic rings. The number of carbonyl (C=O) groups excluding carboxylic acids is 1. The zero-order valence-electron chi connectivity index (χ0n) is 14.5. The van der Waals surface area contributed by atoms with Crippen LogP contribution in [-0.4, -0.2) is 19.1 Å². The van der Waals surface area contributed by atoms with E-state index in [0.717, 1.165) is 17.7 Å². The van der Waals surface area contributed by atoms with Gasteiger partial charge in [-0.2, -0.15) is 0 Å². The molecule has 1 aliphatic carbocycles. The maximum absolute atomic E-state index is 12.5. The number of benzene rings is 2. The first-order chi connectivity index (χ1) is 11.6. The monoisotopic (exact) mass is 324 g/mol. The maximum Gasteiger partial charge on any atom is 0.246 e. The standard InChI is InChI=1S/C20H24N2O2/c1-13-7-10-19(24-3)18(11-13)22-20(23)14(2)21-17-9-8-15-5-4-6-16(15)12-17/h7-12,14,21H,4-6H2,1-3H3,(H,22,23)/t14-/m0/s1. The molecule has 0 aliphatic heterocycles. The predicted octanol–water partition coefficient (Wildman–Crippen LogP) is 3.93. The third kappa shape index (κ3) is 3.53. The van der Waals surface area contributed by atoms with Gasteiger partial charge in [0.05, 0.1) is 12.8 Å². The number of amides is 1. The predicted molar refractivity (Wildman–Crippen MR) is 97.9 cm³/mol. The van der Waals surface area contributed by atoms with E-state index < -0.39 is 0 Å². The van der Waals surface area contributed by atoms with Crippen LogP contribution < -0.4 is 15.4 Å². The summed E-state index contributed by atoms with van der Waals surface area (Å²) in [6, 6.07) is 11.8. The molecule has 0 aromatic heterocycles. The molecule has 0 spiro atoms. The van der Waals surface area contributed by atoms with E-state index in [0.29, 0.717) is 11.4 Å². The van der Waals surface area contributed by atoms with Crippen LogP contribution in [0.5, 0.6) is 5.75 Å². The highest BCUT2D eigenvalue weighted by Crippen LogP contribution is 2.27. The van der Waals surface area contributed by atoms with Crippen LogP contribution in [0.2, 0.25) is 0 Å². The molecule has 1 amide bonds. The number of carbonyl (C=O) groups is 1. The van der Waals surface area contributed by atoms with Crippen molar-refractivity contribution < 1.29 is 9.53 Å². The van der Waals surface area contributed by atoms with Crippen molar-refractivity contribution in [3.63, 3.8) is 0 Å². The molecule has 2 aromatic carbocycles. The third-order valence-electron chi connectivity index (χ3n) is 4.49. The van der Waals surface area contributed by atoms with Gasteiger partial charge < -0.3 is 15.4 Å². The lowest BCUT2D eigenvalue weighted by Gasteiger charge is -2.17. The SMILES string of the molecule is COc1ccc(C)cc1NC(=O)[C@H](C)Nc1ccc2c(c1)CCC2. The zero-order valence-corrected chi connectivity index (χ0v) is 14.5. The first-order valence-electron chi connectivity index (χ1n) is 8.40. The molecule has 0 radical (unpaired) electrons. The van der Waals surface area contributed by atoms with E-state index >= 15 is 0 Å². The van der Waals surface area contributed by atoms with Crippen LogP contribution in [0.4, 0.5) is 11.4 Å². The van der Waals surface area contributed by atoms with Crippen molar-refractivity contribution in [3.05, 3.63) is 53.1 Å². The largest absolute Gasteiger partial charge is 0.495 e. The summed E-state index contributed by atoms with van der Waals surface area (Å²) in [5, 5.41) is 6.24. The Hall–Kier alpha value is -2.49. The normalized spacial score (nSPS) is 14.0. The van der Waals surface area contributed by atoms with E-state index in [1.165, 1.54) is 24.0 Å². The summed E-state index contributed by atoms with van der Waals surface area (Å²) in [6.45, 7) is 3.85. The molecule has 126 valence electrons. The first kappa shape index (κ1) is 16.4. The molecular formula is C20H24N2O2. The van der Waals surface area contributed by atoms with Gasteiger partial charge >= 0.3 is 0 Å². The minimum Gasteiger partial charge on any atom is -0.495 e. The Morgan fingerprint density at radius 2 is 1.92 bits per heavy atom. The number of nitrogens with one attached hydrogen (secondary N) is 2. The van der Waals surface area contributed by atoms with Gasteiger partial charge in [-0.15, -0.1) is 0 Å². The number of ether oxygens (including phenoxy) is 1. The van der Waals surface area contributed by atoms with Crippen LogP contribution in [0, 0.1) is 6.92 Å². The first-order valence-corrected chi connectivity index (χ1v) is 8.40. The number of hydrogen-bond acceptors (Lipinski definition) is 3. The fourth-order valence-corrected chi connectivity index (χ4v) is 3.14. The molecular weight excluding hydrogens is 300 g/mol. The molecule has 3 rings (SSSR count). The van der Waals surface area contributed by atoms with Gasteiger partial charge in [0.25, 0.3) is 0 Å².